The topological polar surface area (TPSA) is 86.3 Å². The molecular weight excluding hydrogens is 292 g/mol. The number of alkyl halides is 1. The average Bonchev–Trinajstić information content (AvgIpc) is 2.30. The Kier molecular flexibility index (Phi) is 4.33. The minimum Gasteiger partial charge on any atom is -0.258 e. The molecule has 0 saturated heterocycles. The smallest absolute Gasteiger partial charge is 0.258 e. The van der Waals surface area contributed by atoms with E-state index >= 15 is 0 Å². The van der Waals surface area contributed by atoms with E-state index in [1.807, 2.05) is 0 Å². The van der Waals surface area contributed by atoms with Crippen molar-refractivity contribution < 1.29 is 9.85 Å². The Labute approximate surface area is 105 Å². The van der Waals surface area contributed by atoms with Crippen LogP contribution in [-0.2, 0) is 0 Å². The fourth-order valence-electron chi connectivity index (χ4n) is 1.33. The Balaban J connectivity index is 3.35. The number of nitro groups is 2. The Bertz CT molecular complexity index is 443. The summed E-state index contributed by atoms with van der Waals surface area (Å²) in [5.41, 5.74) is -0.0817. The first-order chi connectivity index (χ1) is 7.99. The van der Waals surface area contributed by atoms with Crippen LogP contribution < -0.4 is 0 Å². The van der Waals surface area contributed by atoms with Gasteiger partial charge in [0.15, 0.2) is 0 Å². The lowest BCUT2D eigenvalue weighted by Crippen LogP contribution is -2.00. The summed E-state index contributed by atoms with van der Waals surface area (Å²) in [5.74, 6) is -0.200. The zero-order valence-electron chi connectivity index (χ0n) is 8.71. The number of halogens is 1. The van der Waals surface area contributed by atoms with Crippen LogP contribution >= 0.6 is 15.9 Å². The Morgan fingerprint density at radius 2 is 1.71 bits per heavy atom. The molecule has 6 nitrogen and oxygen atoms in total. The highest BCUT2D eigenvalue weighted by molar-refractivity contribution is 9.09. The van der Waals surface area contributed by atoms with Crippen molar-refractivity contribution in [3.05, 3.63) is 56.6 Å². The number of nitrogens with zero attached hydrogens (tertiary/aromatic N) is 2. The Hall–Kier alpha value is -1.76. The molecule has 0 spiro atoms. The molecular formula is C10H9BrN2O4. The van der Waals surface area contributed by atoms with Gasteiger partial charge in [-0.3, -0.25) is 20.2 Å². The van der Waals surface area contributed by atoms with Gasteiger partial charge in [0.05, 0.1) is 15.9 Å². The van der Waals surface area contributed by atoms with Crippen LogP contribution in [0, 0.1) is 20.2 Å². The maximum Gasteiger partial charge on any atom is 0.276 e. The minimum atomic E-state index is -0.648. The van der Waals surface area contributed by atoms with Crippen molar-refractivity contribution >= 4 is 27.3 Å². The van der Waals surface area contributed by atoms with E-state index in [4.69, 9.17) is 0 Å². The van der Waals surface area contributed by atoms with Gasteiger partial charge in [0.2, 0.25) is 0 Å². The third-order valence-corrected chi connectivity index (χ3v) is 2.92. The van der Waals surface area contributed by atoms with Gasteiger partial charge in [0, 0.05) is 23.4 Å². The second-order valence-electron chi connectivity index (χ2n) is 3.29. The van der Waals surface area contributed by atoms with E-state index in [0.717, 1.165) is 6.07 Å². The normalized spacial score (nSPS) is 11.8. The number of rotatable bonds is 5. The third-order valence-electron chi connectivity index (χ3n) is 2.23. The molecule has 0 aliphatic carbocycles. The van der Waals surface area contributed by atoms with Crippen LogP contribution in [-0.4, -0.2) is 15.2 Å². The molecule has 0 saturated carbocycles. The summed E-state index contributed by atoms with van der Waals surface area (Å²) in [5, 5.41) is 21.8. The van der Waals surface area contributed by atoms with E-state index in [1.165, 1.54) is 12.1 Å². The van der Waals surface area contributed by atoms with Gasteiger partial charge in [-0.05, 0) is 5.56 Å². The van der Waals surface area contributed by atoms with E-state index in [-0.39, 0.29) is 17.3 Å². The molecule has 0 radical (unpaired) electrons. The highest BCUT2D eigenvalue weighted by Crippen LogP contribution is 2.28. The molecule has 0 amide bonds. The zero-order chi connectivity index (χ0) is 13.0. The molecule has 0 aliphatic rings. The summed E-state index contributed by atoms with van der Waals surface area (Å²) in [6, 6.07) is 3.58. The van der Waals surface area contributed by atoms with Gasteiger partial charge in [-0.2, -0.15) is 0 Å². The van der Waals surface area contributed by atoms with Crippen LogP contribution in [0.5, 0.6) is 0 Å². The summed E-state index contributed by atoms with van der Waals surface area (Å²) in [7, 11) is 0. The monoisotopic (exact) mass is 300 g/mol. The molecule has 0 aromatic heterocycles. The number of allylic oxidation sites excluding steroid dienone is 1. The van der Waals surface area contributed by atoms with E-state index in [0.29, 0.717) is 10.9 Å². The van der Waals surface area contributed by atoms with Crippen LogP contribution in [0.15, 0.2) is 30.9 Å². The van der Waals surface area contributed by atoms with E-state index in [1.54, 1.807) is 6.08 Å². The van der Waals surface area contributed by atoms with Gasteiger partial charge in [0.25, 0.3) is 11.4 Å². The van der Waals surface area contributed by atoms with E-state index in [2.05, 4.69) is 22.5 Å². The Morgan fingerprint density at radius 1 is 1.24 bits per heavy atom. The van der Waals surface area contributed by atoms with Crippen molar-refractivity contribution in [2.45, 2.75) is 5.92 Å². The number of nitro benzene ring substituents is 2. The second kappa shape index (κ2) is 5.53. The molecule has 0 N–H and O–H groups in total. The van der Waals surface area contributed by atoms with Crippen molar-refractivity contribution in [3.8, 4) is 0 Å². The molecule has 1 aromatic carbocycles. The first-order valence-corrected chi connectivity index (χ1v) is 5.74. The van der Waals surface area contributed by atoms with E-state index in [9.17, 15) is 20.2 Å². The van der Waals surface area contributed by atoms with Gasteiger partial charge in [0.1, 0.15) is 0 Å². The van der Waals surface area contributed by atoms with Crippen LogP contribution in [0.1, 0.15) is 11.5 Å². The van der Waals surface area contributed by atoms with Gasteiger partial charge >= 0.3 is 0 Å². The van der Waals surface area contributed by atoms with E-state index < -0.39 is 9.85 Å². The molecule has 1 aromatic rings. The molecule has 1 rings (SSSR count). The number of hydrogen-bond acceptors (Lipinski definition) is 4. The lowest BCUT2D eigenvalue weighted by atomic mass is 10.00. The first kappa shape index (κ1) is 13.3. The van der Waals surface area contributed by atoms with Crippen molar-refractivity contribution in [1.82, 2.24) is 0 Å². The number of benzene rings is 1. The molecule has 90 valence electrons. The van der Waals surface area contributed by atoms with Crippen LogP contribution in [0.25, 0.3) is 0 Å². The molecule has 0 bridgehead atoms. The number of hydrogen-bond donors (Lipinski definition) is 0. The van der Waals surface area contributed by atoms with Crippen molar-refractivity contribution in [2.75, 3.05) is 5.33 Å². The minimum absolute atomic E-state index is 0.200. The molecule has 1 atom stereocenters. The fourth-order valence-corrected chi connectivity index (χ4v) is 1.97. The molecule has 0 aliphatic heterocycles. The zero-order valence-corrected chi connectivity index (χ0v) is 10.3. The summed E-state index contributed by atoms with van der Waals surface area (Å²) in [6.45, 7) is 3.59. The molecule has 0 heterocycles. The largest absolute Gasteiger partial charge is 0.276 e. The van der Waals surface area contributed by atoms with Gasteiger partial charge in [-0.25, -0.2) is 0 Å². The van der Waals surface area contributed by atoms with Gasteiger partial charge < -0.3 is 0 Å². The maximum absolute atomic E-state index is 10.7. The summed E-state index contributed by atoms with van der Waals surface area (Å²) < 4.78 is 0. The summed E-state index contributed by atoms with van der Waals surface area (Å²) in [4.78, 5) is 20.0. The molecule has 1 unspecified atom stereocenters. The Morgan fingerprint density at radius 3 is 2.00 bits per heavy atom. The highest BCUT2D eigenvalue weighted by Gasteiger charge is 2.19. The van der Waals surface area contributed by atoms with Crippen LogP contribution in [0.4, 0.5) is 11.4 Å². The van der Waals surface area contributed by atoms with Crippen molar-refractivity contribution in [1.29, 1.82) is 0 Å². The lowest BCUT2D eigenvalue weighted by molar-refractivity contribution is -0.394. The van der Waals surface area contributed by atoms with Crippen LogP contribution in [0.3, 0.4) is 0 Å². The van der Waals surface area contributed by atoms with Crippen molar-refractivity contribution in [2.24, 2.45) is 0 Å². The fraction of sp³-hybridized carbons (Fsp3) is 0.200. The van der Waals surface area contributed by atoms with Crippen molar-refractivity contribution in [3.63, 3.8) is 0 Å². The lowest BCUT2D eigenvalue weighted by Gasteiger charge is -2.08. The van der Waals surface area contributed by atoms with Gasteiger partial charge in [-0.1, -0.05) is 22.0 Å². The summed E-state index contributed by atoms with van der Waals surface area (Å²) >= 11 is 3.22. The second-order valence-corrected chi connectivity index (χ2v) is 3.94. The molecule has 17 heavy (non-hydrogen) atoms. The predicted octanol–water partition coefficient (Wildman–Crippen LogP) is 3.17. The summed E-state index contributed by atoms with van der Waals surface area (Å²) in [6.07, 6.45) is 1.58. The van der Waals surface area contributed by atoms with Gasteiger partial charge in [-0.15, -0.1) is 6.58 Å². The predicted molar refractivity (Wildman–Crippen MR) is 66.5 cm³/mol. The standard InChI is InChI=1S/C10H9BrN2O4/c1-2-7(6-11)8-3-9(12(14)15)5-10(4-8)13(16)17/h2-5,7H,1,6H2. The maximum atomic E-state index is 10.7. The quantitative estimate of drug-likeness (QED) is 0.362. The third kappa shape index (κ3) is 3.10. The van der Waals surface area contributed by atoms with Crippen LogP contribution in [0.2, 0.25) is 0 Å². The SMILES string of the molecule is C=CC(CBr)c1cc([N+](=O)[O-])cc([N+](=O)[O-])c1. The number of non-ortho nitro benzene ring substituents is 2. The molecule has 0 fully saturated rings. The first-order valence-electron chi connectivity index (χ1n) is 4.62. The molecule has 7 heteroatoms. The average molecular weight is 301 g/mol. The highest BCUT2D eigenvalue weighted by atomic mass is 79.9.